The Morgan fingerprint density at radius 3 is 2.40 bits per heavy atom. The van der Waals surface area contributed by atoms with Crippen molar-refractivity contribution in [3.63, 3.8) is 0 Å². The van der Waals surface area contributed by atoms with Crippen molar-refractivity contribution in [1.29, 1.82) is 0 Å². The highest BCUT2D eigenvalue weighted by molar-refractivity contribution is 7.89. The molecule has 2 heterocycles. The van der Waals surface area contributed by atoms with Crippen LogP contribution in [0.4, 0.5) is 5.69 Å². The minimum Gasteiger partial charge on any atom is -0.301 e. The molecule has 0 unspecified atom stereocenters. The van der Waals surface area contributed by atoms with Crippen LogP contribution < -0.4 is 10.4 Å². The van der Waals surface area contributed by atoms with Crippen molar-refractivity contribution < 1.29 is 8.42 Å². The number of hydrogen-bond acceptors (Lipinski definition) is 4. The summed E-state index contributed by atoms with van der Waals surface area (Å²) in [6, 6.07) is 17.1. The van der Waals surface area contributed by atoms with Crippen molar-refractivity contribution >= 4 is 15.7 Å². The Hall–Kier alpha value is -2.31. The van der Waals surface area contributed by atoms with Crippen LogP contribution in [0.25, 0.3) is 0 Å². The second-order valence-corrected chi connectivity index (χ2v) is 8.46. The number of anilines is 1. The van der Waals surface area contributed by atoms with Gasteiger partial charge in [0, 0.05) is 12.2 Å². The molecule has 5 nitrogen and oxygen atoms in total. The maximum absolute atomic E-state index is 12.9. The summed E-state index contributed by atoms with van der Waals surface area (Å²) < 4.78 is 27.4. The minimum atomic E-state index is -3.46. The molecule has 0 aliphatic carbocycles. The summed E-state index contributed by atoms with van der Waals surface area (Å²) in [5.74, 6) is 0. The number of aryl methyl sites for hydroxylation is 1. The first kappa shape index (κ1) is 16.2. The van der Waals surface area contributed by atoms with E-state index in [4.69, 9.17) is 0 Å². The van der Waals surface area contributed by atoms with Gasteiger partial charge in [-0.2, -0.15) is 4.31 Å². The molecule has 6 heteroatoms. The van der Waals surface area contributed by atoms with Crippen LogP contribution in [0, 0.1) is 6.92 Å². The number of hydrazine groups is 1. The fraction of sp³-hybridized carbons (Fsp3) is 0.263. The Bertz CT molecular complexity index is 905. The molecule has 0 atom stereocenters. The third kappa shape index (κ3) is 3.03. The zero-order chi connectivity index (χ0) is 17.4. The largest absolute Gasteiger partial charge is 0.301 e. The summed E-state index contributed by atoms with van der Waals surface area (Å²) in [7, 11) is -3.46. The van der Waals surface area contributed by atoms with Crippen molar-refractivity contribution in [2.75, 3.05) is 24.6 Å². The van der Waals surface area contributed by atoms with Gasteiger partial charge < -0.3 is 5.43 Å². The average molecular weight is 355 g/mol. The Kier molecular flexibility index (Phi) is 4.01. The van der Waals surface area contributed by atoms with Gasteiger partial charge in [-0.3, -0.25) is 5.01 Å². The van der Waals surface area contributed by atoms with E-state index in [9.17, 15) is 8.42 Å². The lowest BCUT2D eigenvalue weighted by Gasteiger charge is -2.27. The molecule has 0 radical (unpaired) electrons. The highest BCUT2D eigenvalue weighted by Gasteiger charge is 2.33. The van der Waals surface area contributed by atoms with Crippen molar-refractivity contribution in [2.45, 2.75) is 18.2 Å². The van der Waals surface area contributed by atoms with Crippen LogP contribution >= 0.6 is 0 Å². The number of para-hydroxylation sites is 1. The third-order valence-corrected chi connectivity index (χ3v) is 6.63. The average Bonchev–Trinajstić information content (AvgIpc) is 3.06. The molecule has 0 fully saturated rings. The molecule has 1 N–H and O–H groups in total. The molecule has 0 saturated carbocycles. The van der Waals surface area contributed by atoms with E-state index in [1.54, 1.807) is 16.4 Å². The lowest BCUT2D eigenvalue weighted by Crippen LogP contribution is -2.40. The number of hydrogen-bond donors (Lipinski definition) is 1. The molecular weight excluding hydrogens is 334 g/mol. The Balaban J connectivity index is 1.52. The smallest absolute Gasteiger partial charge is 0.243 e. The molecule has 0 spiro atoms. The topological polar surface area (TPSA) is 52.7 Å². The van der Waals surface area contributed by atoms with Crippen LogP contribution in [-0.4, -0.2) is 32.4 Å². The Morgan fingerprint density at radius 1 is 0.960 bits per heavy atom. The number of benzene rings is 2. The second-order valence-electron chi connectivity index (χ2n) is 6.52. The van der Waals surface area contributed by atoms with E-state index in [0.29, 0.717) is 18.0 Å². The first-order valence-electron chi connectivity index (χ1n) is 8.41. The zero-order valence-electron chi connectivity index (χ0n) is 14.1. The highest BCUT2D eigenvalue weighted by atomic mass is 32.2. The lowest BCUT2D eigenvalue weighted by molar-refractivity contribution is 0.417. The highest BCUT2D eigenvalue weighted by Crippen LogP contribution is 2.29. The molecule has 4 rings (SSSR count). The maximum Gasteiger partial charge on any atom is 0.243 e. The monoisotopic (exact) mass is 355 g/mol. The molecular formula is C19H21N3O2S. The molecule has 0 bridgehead atoms. The van der Waals surface area contributed by atoms with Crippen molar-refractivity contribution in [3.05, 3.63) is 71.4 Å². The van der Waals surface area contributed by atoms with Gasteiger partial charge in [-0.15, -0.1) is 0 Å². The van der Waals surface area contributed by atoms with E-state index in [2.05, 4.69) is 10.4 Å². The third-order valence-electron chi connectivity index (χ3n) is 4.77. The molecule has 130 valence electrons. The van der Waals surface area contributed by atoms with E-state index in [1.807, 2.05) is 49.4 Å². The van der Waals surface area contributed by atoms with Crippen LogP contribution in [0.2, 0.25) is 0 Å². The van der Waals surface area contributed by atoms with E-state index < -0.39 is 10.0 Å². The van der Waals surface area contributed by atoms with Gasteiger partial charge in [0.15, 0.2) is 0 Å². The summed E-state index contributed by atoms with van der Waals surface area (Å²) in [5.41, 5.74) is 7.82. The number of nitrogens with zero attached hydrogens (tertiary/aromatic N) is 2. The summed E-state index contributed by atoms with van der Waals surface area (Å²) >= 11 is 0. The van der Waals surface area contributed by atoms with Gasteiger partial charge in [0.05, 0.1) is 23.7 Å². The van der Waals surface area contributed by atoms with Crippen LogP contribution in [0.5, 0.6) is 0 Å². The van der Waals surface area contributed by atoms with Crippen molar-refractivity contribution in [1.82, 2.24) is 9.73 Å². The molecule has 0 amide bonds. The van der Waals surface area contributed by atoms with Crippen LogP contribution in [0.1, 0.15) is 12.0 Å². The number of rotatable bonds is 3. The number of sulfonamides is 1. The Labute approximate surface area is 148 Å². The molecule has 2 aromatic carbocycles. The van der Waals surface area contributed by atoms with E-state index in [1.165, 1.54) is 5.57 Å². The standard InChI is InChI=1S/C19H21N3O2S/c1-15-7-9-18(10-8-15)25(23,24)21-12-11-16-13-22(20-19(16)14-21)17-5-3-2-4-6-17/h2-10,20H,11-14H2,1H3. The van der Waals surface area contributed by atoms with Gasteiger partial charge in [-0.05, 0) is 43.2 Å². The summed E-state index contributed by atoms with van der Waals surface area (Å²) in [6.45, 7) is 3.68. The molecule has 2 aromatic rings. The Morgan fingerprint density at radius 2 is 1.68 bits per heavy atom. The fourth-order valence-corrected chi connectivity index (χ4v) is 4.70. The van der Waals surface area contributed by atoms with Gasteiger partial charge in [-0.1, -0.05) is 35.9 Å². The predicted octanol–water partition coefficient (Wildman–Crippen LogP) is 2.67. The van der Waals surface area contributed by atoms with Crippen molar-refractivity contribution in [2.24, 2.45) is 0 Å². The van der Waals surface area contributed by atoms with E-state index >= 15 is 0 Å². The summed E-state index contributed by atoms with van der Waals surface area (Å²) in [4.78, 5) is 0.361. The van der Waals surface area contributed by atoms with Gasteiger partial charge in [0.2, 0.25) is 10.0 Å². The van der Waals surface area contributed by atoms with Gasteiger partial charge in [0.1, 0.15) is 0 Å². The van der Waals surface area contributed by atoms with Crippen LogP contribution in [-0.2, 0) is 10.0 Å². The first-order valence-corrected chi connectivity index (χ1v) is 9.85. The van der Waals surface area contributed by atoms with Crippen LogP contribution in [0.3, 0.4) is 0 Å². The molecule has 2 aliphatic rings. The van der Waals surface area contributed by atoms with E-state index in [0.717, 1.165) is 29.9 Å². The first-order chi connectivity index (χ1) is 12.0. The molecule has 0 aromatic heterocycles. The second kappa shape index (κ2) is 6.20. The zero-order valence-corrected chi connectivity index (χ0v) is 15.0. The number of nitrogens with one attached hydrogen (secondary N) is 1. The fourth-order valence-electron chi connectivity index (χ4n) is 3.29. The van der Waals surface area contributed by atoms with Crippen LogP contribution in [0.15, 0.2) is 70.8 Å². The SMILES string of the molecule is Cc1ccc(S(=O)(=O)N2CCC3=C(C2)NN(c2ccccc2)C3)cc1. The summed E-state index contributed by atoms with van der Waals surface area (Å²) in [5, 5.41) is 2.08. The normalized spacial score (nSPS) is 18.2. The van der Waals surface area contributed by atoms with Crippen molar-refractivity contribution in [3.8, 4) is 0 Å². The molecule has 2 aliphatic heterocycles. The predicted molar refractivity (Wildman–Crippen MR) is 98.5 cm³/mol. The maximum atomic E-state index is 12.9. The quantitative estimate of drug-likeness (QED) is 0.920. The molecule has 0 saturated heterocycles. The van der Waals surface area contributed by atoms with E-state index in [-0.39, 0.29) is 0 Å². The molecule has 25 heavy (non-hydrogen) atoms. The van der Waals surface area contributed by atoms with Gasteiger partial charge in [-0.25, -0.2) is 8.42 Å². The minimum absolute atomic E-state index is 0.361. The lowest BCUT2D eigenvalue weighted by atomic mass is 10.1. The van der Waals surface area contributed by atoms with Gasteiger partial charge in [0.25, 0.3) is 0 Å². The summed E-state index contributed by atoms with van der Waals surface area (Å²) in [6.07, 6.45) is 0.761. The van der Waals surface area contributed by atoms with Gasteiger partial charge >= 0.3 is 0 Å².